The first-order valence-corrected chi connectivity index (χ1v) is 9.59. The summed E-state index contributed by atoms with van der Waals surface area (Å²) in [6.07, 6.45) is 0.977. The second kappa shape index (κ2) is 10.3. The maximum Gasteiger partial charge on any atom is 0.148 e. The number of aliphatic hydroxyl groups is 2. The molecular weight excluding hydrogens is 398 g/mol. The summed E-state index contributed by atoms with van der Waals surface area (Å²) >= 11 is 12.2. The van der Waals surface area contributed by atoms with E-state index in [0.29, 0.717) is 18.4 Å². The Labute approximate surface area is 167 Å². The minimum absolute atomic E-state index is 0.0603. The summed E-state index contributed by atoms with van der Waals surface area (Å²) in [7, 11) is 0. The Hall–Kier alpha value is -1.34. The number of hydrogen-bond acceptors (Lipinski definition) is 5. The molecule has 0 heterocycles. The molecule has 2 atom stereocenters. The van der Waals surface area contributed by atoms with E-state index in [1.54, 1.807) is 0 Å². The Morgan fingerprint density at radius 3 is 2.48 bits per heavy atom. The lowest BCUT2D eigenvalue weighted by molar-refractivity contribution is -0.307. The number of benzene rings is 1. The van der Waals surface area contributed by atoms with Crippen LogP contribution in [0.25, 0.3) is 5.83 Å². The normalized spacial score (nSPS) is 16.7. The molecule has 0 aromatic heterocycles. The van der Waals surface area contributed by atoms with Crippen LogP contribution in [0.3, 0.4) is 0 Å². The van der Waals surface area contributed by atoms with Crippen molar-refractivity contribution in [3.8, 4) is 5.75 Å². The number of carbonyl (C=O) groups excluding carboxylic acids is 1. The predicted molar refractivity (Wildman–Crippen MR) is 99.3 cm³/mol. The molecule has 5 nitrogen and oxygen atoms in total. The van der Waals surface area contributed by atoms with Crippen LogP contribution in [0.5, 0.6) is 5.75 Å². The summed E-state index contributed by atoms with van der Waals surface area (Å²) in [6, 6.07) is 2.84. The lowest BCUT2D eigenvalue weighted by atomic mass is 9.92. The molecule has 1 aromatic carbocycles. The summed E-state index contributed by atoms with van der Waals surface area (Å²) in [4.78, 5) is 10.5. The third-order valence-electron chi connectivity index (χ3n) is 4.38. The average Bonchev–Trinajstić information content (AvgIpc) is 2.59. The van der Waals surface area contributed by atoms with Crippen LogP contribution >= 0.6 is 23.2 Å². The van der Waals surface area contributed by atoms with Crippen LogP contribution in [0, 0.1) is 0 Å². The molecule has 1 saturated carbocycles. The lowest BCUT2D eigenvalue weighted by Gasteiger charge is -2.20. The lowest BCUT2D eigenvalue weighted by Crippen LogP contribution is -2.31. The van der Waals surface area contributed by atoms with Gasteiger partial charge in [-0.2, -0.15) is 0 Å². The molecule has 8 heteroatoms. The van der Waals surface area contributed by atoms with Crippen molar-refractivity contribution in [2.24, 2.45) is 0 Å². The summed E-state index contributed by atoms with van der Waals surface area (Å²) < 4.78 is 20.5. The molecule has 0 aliphatic heterocycles. The van der Waals surface area contributed by atoms with Crippen molar-refractivity contribution in [2.75, 3.05) is 6.61 Å². The minimum Gasteiger partial charge on any atom is -0.550 e. The maximum atomic E-state index is 15.0. The van der Waals surface area contributed by atoms with Crippen LogP contribution in [-0.2, 0) is 4.79 Å². The SMILES string of the molecule is O=C([O-])C[C@H](O)CC(O)COc1c(Cl)cc(Cl)cc1C(F)=C1CCCCC1. The van der Waals surface area contributed by atoms with E-state index >= 15 is 4.39 Å². The topological polar surface area (TPSA) is 89.8 Å². The molecule has 2 rings (SSSR count). The number of carboxylic acids is 1. The van der Waals surface area contributed by atoms with Crippen LogP contribution in [0.15, 0.2) is 17.7 Å². The summed E-state index contributed by atoms with van der Waals surface area (Å²) in [6.45, 7) is -0.291. The van der Waals surface area contributed by atoms with E-state index in [2.05, 4.69) is 0 Å². The number of ether oxygens (including phenoxy) is 1. The number of halogens is 3. The molecule has 0 saturated heterocycles. The fraction of sp³-hybridized carbons (Fsp3) is 0.526. The first-order chi connectivity index (χ1) is 12.8. The largest absolute Gasteiger partial charge is 0.550 e. The Bertz CT molecular complexity index is 700. The Morgan fingerprint density at radius 1 is 1.19 bits per heavy atom. The van der Waals surface area contributed by atoms with Crippen LogP contribution < -0.4 is 9.84 Å². The van der Waals surface area contributed by atoms with Gasteiger partial charge in [-0.1, -0.05) is 29.6 Å². The van der Waals surface area contributed by atoms with E-state index in [9.17, 15) is 20.1 Å². The second-order valence-corrected chi connectivity index (χ2v) is 7.52. The molecule has 1 fully saturated rings. The van der Waals surface area contributed by atoms with Gasteiger partial charge < -0.3 is 24.9 Å². The highest BCUT2D eigenvalue weighted by Crippen LogP contribution is 2.40. The molecule has 1 aliphatic carbocycles. The van der Waals surface area contributed by atoms with Crippen LogP contribution in [0.2, 0.25) is 10.0 Å². The Balaban J connectivity index is 2.15. The first kappa shape index (κ1) is 22.0. The molecule has 150 valence electrons. The zero-order valence-electron chi connectivity index (χ0n) is 14.7. The standard InChI is InChI=1S/C19H23Cl2FO5/c20-12-6-15(18(22)11-4-2-1-3-5-11)19(16(21)7-12)27-10-14(24)8-13(23)9-17(25)26/h6-7,13-14,23-24H,1-5,8-10H2,(H,25,26)/p-1/t13-,14?/m1/s1. The van der Waals surface area contributed by atoms with Crippen molar-refractivity contribution in [3.05, 3.63) is 33.3 Å². The van der Waals surface area contributed by atoms with Gasteiger partial charge in [0.1, 0.15) is 18.2 Å². The van der Waals surface area contributed by atoms with Gasteiger partial charge in [-0.15, -0.1) is 0 Å². The first-order valence-electron chi connectivity index (χ1n) is 8.83. The number of aliphatic hydroxyl groups excluding tert-OH is 2. The van der Waals surface area contributed by atoms with Crippen molar-refractivity contribution in [2.45, 2.75) is 57.2 Å². The molecule has 1 unspecified atom stereocenters. The third kappa shape index (κ3) is 6.64. The van der Waals surface area contributed by atoms with Crippen molar-refractivity contribution in [1.82, 2.24) is 0 Å². The number of aliphatic carboxylic acids is 1. The van der Waals surface area contributed by atoms with Gasteiger partial charge >= 0.3 is 0 Å². The number of hydrogen-bond donors (Lipinski definition) is 2. The molecule has 1 aromatic rings. The Kier molecular flexibility index (Phi) is 8.35. The minimum atomic E-state index is -1.42. The highest BCUT2D eigenvalue weighted by atomic mass is 35.5. The third-order valence-corrected chi connectivity index (χ3v) is 4.88. The van der Waals surface area contributed by atoms with Crippen molar-refractivity contribution in [1.29, 1.82) is 0 Å². The molecule has 0 radical (unpaired) electrons. The molecule has 27 heavy (non-hydrogen) atoms. The fourth-order valence-electron chi connectivity index (χ4n) is 3.10. The molecule has 2 N–H and O–H groups in total. The van der Waals surface area contributed by atoms with E-state index in [1.807, 2.05) is 0 Å². The van der Waals surface area contributed by atoms with Gasteiger partial charge in [0, 0.05) is 23.8 Å². The van der Waals surface area contributed by atoms with E-state index in [0.717, 1.165) is 19.3 Å². The van der Waals surface area contributed by atoms with E-state index in [4.69, 9.17) is 27.9 Å². The zero-order valence-corrected chi connectivity index (χ0v) is 16.2. The van der Waals surface area contributed by atoms with Crippen LogP contribution in [-0.4, -0.2) is 35.0 Å². The van der Waals surface area contributed by atoms with Gasteiger partial charge in [0.15, 0.2) is 0 Å². The average molecular weight is 420 g/mol. The Morgan fingerprint density at radius 2 is 1.85 bits per heavy atom. The number of carboxylic acid groups (broad SMARTS) is 1. The van der Waals surface area contributed by atoms with Crippen LogP contribution in [0.4, 0.5) is 4.39 Å². The van der Waals surface area contributed by atoms with Crippen molar-refractivity contribution < 1.29 is 29.2 Å². The molecule has 1 aliphatic rings. The van der Waals surface area contributed by atoms with E-state index in [-0.39, 0.29) is 34.4 Å². The second-order valence-electron chi connectivity index (χ2n) is 6.67. The number of rotatable bonds is 8. The summed E-state index contributed by atoms with van der Waals surface area (Å²) in [5.41, 5.74) is 0.821. The zero-order chi connectivity index (χ0) is 20.0. The van der Waals surface area contributed by atoms with Gasteiger partial charge in [0.05, 0.1) is 22.8 Å². The molecule has 0 spiro atoms. The van der Waals surface area contributed by atoms with Crippen molar-refractivity contribution in [3.63, 3.8) is 0 Å². The molecule has 0 amide bonds. The summed E-state index contributed by atoms with van der Waals surface area (Å²) in [5, 5.41) is 30.3. The number of carbonyl (C=O) groups is 1. The number of allylic oxidation sites excluding steroid dienone is 1. The van der Waals surface area contributed by atoms with E-state index < -0.39 is 30.4 Å². The van der Waals surface area contributed by atoms with Gasteiger partial charge in [0.25, 0.3) is 0 Å². The molecular formula is C19H22Cl2FO5-. The van der Waals surface area contributed by atoms with Crippen LogP contribution in [0.1, 0.15) is 50.5 Å². The fourth-order valence-corrected chi connectivity index (χ4v) is 3.64. The highest BCUT2D eigenvalue weighted by Gasteiger charge is 2.21. The predicted octanol–water partition coefficient (Wildman–Crippen LogP) is 3.27. The monoisotopic (exact) mass is 419 g/mol. The van der Waals surface area contributed by atoms with Gasteiger partial charge in [-0.3, -0.25) is 0 Å². The highest BCUT2D eigenvalue weighted by molar-refractivity contribution is 6.36. The van der Waals surface area contributed by atoms with Gasteiger partial charge in [-0.05, 0) is 43.4 Å². The molecule has 0 bridgehead atoms. The summed E-state index contributed by atoms with van der Waals surface area (Å²) in [5.74, 6) is -1.77. The maximum absolute atomic E-state index is 15.0. The van der Waals surface area contributed by atoms with Gasteiger partial charge in [0.2, 0.25) is 0 Å². The van der Waals surface area contributed by atoms with Gasteiger partial charge in [-0.25, -0.2) is 4.39 Å². The van der Waals surface area contributed by atoms with E-state index in [1.165, 1.54) is 12.1 Å². The smallest absolute Gasteiger partial charge is 0.148 e. The quantitative estimate of drug-likeness (QED) is 0.674. The van der Waals surface area contributed by atoms with Crippen molar-refractivity contribution >= 4 is 35.0 Å².